The molecule has 0 spiro atoms. The second-order valence-electron chi connectivity index (χ2n) is 5.31. The van der Waals surface area contributed by atoms with Crippen molar-refractivity contribution < 1.29 is 5.11 Å². The molecule has 2 rings (SSSR count). The number of nitrogens with two attached hydrogens (primary N) is 1. The van der Waals surface area contributed by atoms with Crippen LogP contribution < -0.4 is 5.73 Å². The summed E-state index contributed by atoms with van der Waals surface area (Å²) >= 11 is 4.90. The van der Waals surface area contributed by atoms with Gasteiger partial charge in [0.1, 0.15) is 0 Å². The smallest absolute Gasteiger partial charge is 0.0740 e. The van der Waals surface area contributed by atoms with Crippen molar-refractivity contribution >= 4 is 17.2 Å². The lowest BCUT2D eigenvalue weighted by molar-refractivity contribution is -0.0947. The van der Waals surface area contributed by atoms with Gasteiger partial charge in [-0.25, -0.2) is 0 Å². The molecule has 1 aliphatic carbocycles. The first-order chi connectivity index (χ1) is 7.60. The molecule has 92 valence electrons. The van der Waals surface area contributed by atoms with Crippen LogP contribution in [0.5, 0.6) is 0 Å². The van der Waals surface area contributed by atoms with Gasteiger partial charge in [-0.2, -0.15) is 0 Å². The highest BCUT2D eigenvalue weighted by Crippen LogP contribution is 2.39. The van der Waals surface area contributed by atoms with Gasteiger partial charge in [0, 0.05) is 32.0 Å². The van der Waals surface area contributed by atoms with Crippen LogP contribution in [0.4, 0.5) is 0 Å². The second kappa shape index (κ2) is 4.98. The number of nitrogens with zero attached hydrogens (tertiary/aromatic N) is 1. The van der Waals surface area contributed by atoms with Crippen molar-refractivity contribution in [2.45, 2.75) is 44.1 Å². The second-order valence-corrected chi connectivity index (χ2v) is 5.84. The van der Waals surface area contributed by atoms with Crippen LogP contribution in [0.2, 0.25) is 0 Å². The molecular formula is C12H22N2OS. The Morgan fingerprint density at radius 2 is 2.25 bits per heavy atom. The predicted molar refractivity (Wildman–Crippen MR) is 69.4 cm³/mol. The zero-order valence-corrected chi connectivity index (χ0v) is 10.6. The molecule has 1 saturated carbocycles. The van der Waals surface area contributed by atoms with Gasteiger partial charge in [0.15, 0.2) is 0 Å². The molecule has 1 aliphatic heterocycles. The summed E-state index contributed by atoms with van der Waals surface area (Å²) in [6, 6.07) is 0. The highest BCUT2D eigenvalue weighted by Gasteiger charge is 2.42. The maximum absolute atomic E-state index is 10.5. The lowest BCUT2D eigenvalue weighted by atomic mass is 9.71. The number of thiocarbonyl (C=S) groups is 1. The van der Waals surface area contributed by atoms with Gasteiger partial charge in [0.25, 0.3) is 0 Å². The Kier molecular flexibility index (Phi) is 3.82. The van der Waals surface area contributed by atoms with Crippen molar-refractivity contribution in [2.75, 3.05) is 19.6 Å². The van der Waals surface area contributed by atoms with E-state index < -0.39 is 0 Å². The fourth-order valence-electron chi connectivity index (χ4n) is 3.11. The van der Waals surface area contributed by atoms with E-state index in [0.29, 0.717) is 10.9 Å². The van der Waals surface area contributed by atoms with Gasteiger partial charge in [0.2, 0.25) is 0 Å². The summed E-state index contributed by atoms with van der Waals surface area (Å²) in [7, 11) is 0. The summed E-state index contributed by atoms with van der Waals surface area (Å²) in [5.74, 6) is 0.473. The zero-order valence-electron chi connectivity index (χ0n) is 9.82. The topological polar surface area (TPSA) is 49.5 Å². The fraction of sp³-hybridized carbons (Fsp3) is 0.917. The Bertz CT molecular complexity index is 272. The Morgan fingerprint density at radius 3 is 3.00 bits per heavy atom. The van der Waals surface area contributed by atoms with E-state index in [9.17, 15) is 5.11 Å². The lowest BCUT2D eigenvalue weighted by Crippen LogP contribution is -2.53. The van der Waals surface area contributed by atoms with Crippen molar-refractivity contribution in [1.29, 1.82) is 0 Å². The van der Waals surface area contributed by atoms with Crippen LogP contribution in [-0.4, -0.2) is 40.2 Å². The van der Waals surface area contributed by atoms with Gasteiger partial charge >= 0.3 is 0 Å². The Hall–Kier alpha value is -0.190. The van der Waals surface area contributed by atoms with Gasteiger partial charge in [0.05, 0.1) is 10.6 Å². The molecule has 2 atom stereocenters. The Morgan fingerprint density at radius 1 is 1.44 bits per heavy atom. The highest BCUT2D eigenvalue weighted by molar-refractivity contribution is 7.80. The Balaban J connectivity index is 1.87. The van der Waals surface area contributed by atoms with Crippen LogP contribution in [0.15, 0.2) is 0 Å². The molecule has 3 N–H and O–H groups in total. The summed E-state index contributed by atoms with van der Waals surface area (Å²) in [6.45, 7) is 2.98. The Labute approximate surface area is 103 Å². The normalized spacial score (nSPS) is 35.7. The molecule has 2 fully saturated rings. The molecule has 0 bridgehead atoms. The number of aliphatic hydroxyl groups is 1. The van der Waals surface area contributed by atoms with Crippen LogP contribution >= 0.6 is 12.2 Å². The van der Waals surface area contributed by atoms with Gasteiger partial charge < -0.3 is 15.7 Å². The van der Waals surface area contributed by atoms with Crippen molar-refractivity contribution in [1.82, 2.24) is 4.90 Å². The largest absolute Gasteiger partial charge is 0.393 e. The van der Waals surface area contributed by atoms with Gasteiger partial charge in [-0.1, -0.05) is 25.1 Å². The maximum atomic E-state index is 10.5. The molecule has 3 nitrogen and oxygen atoms in total. The first-order valence-corrected chi connectivity index (χ1v) is 6.74. The molecule has 1 heterocycles. The van der Waals surface area contributed by atoms with E-state index >= 15 is 0 Å². The molecule has 0 amide bonds. The zero-order chi connectivity index (χ0) is 11.6. The summed E-state index contributed by atoms with van der Waals surface area (Å²) in [5.41, 5.74) is 5.16. The number of hydrogen-bond acceptors (Lipinski definition) is 3. The molecule has 16 heavy (non-hydrogen) atoms. The molecule has 0 aromatic rings. The molecule has 0 aromatic heterocycles. The van der Waals surface area contributed by atoms with E-state index in [1.165, 1.54) is 19.3 Å². The molecule has 1 saturated heterocycles. The molecule has 4 heteroatoms. The minimum Gasteiger partial charge on any atom is -0.393 e. The van der Waals surface area contributed by atoms with E-state index in [0.717, 1.165) is 38.9 Å². The van der Waals surface area contributed by atoms with E-state index in [4.69, 9.17) is 18.0 Å². The van der Waals surface area contributed by atoms with E-state index in [1.54, 1.807) is 0 Å². The average molecular weight is 242 g/mol. The third kappa shape index (κ3) is 2.73. The number of rotatable bonds is 3. The molecule has 2 aliphatic rings. The number of likely N-dealkylation sites (tertiary alicyclic amines) is 1. The number of hydrogen-bond donors (Lipinski definition) is 2. The minimum absolute atomic E-state index is 0.363. The number of fused-ring (bicyclic) bond motifs is 1. The summed E-state index contributed by atoms with van der Waals surface area (Å²) < 4.78 is 0. The number of piperidine rings is 1. The maximum Gasteiger partial charge on any atom is 0.0740 e. The van der Waals surface area contributed by atoms with Crippen LogP contribution in [0.3, 0.4) is 0 Å². The molecule has 0 radical (unpaired) electrons. The third-order valence-electron chi connectivity index (χ3n) is 4.19. The summed E-state index contributed by atoms with van der Waals surface area (Å²) in [6.07, 6.45) is 6.38. The molecular weight excluding hydrogens is 220 g/mol. The first-order valence-electron chi connectivity index (χ1n) is 6.33. The minimum atomic E-state index is -0.363. The van der Waals surface area contributed by atoms with Crippen LogP contribution in [-0.2, 0) is 0 Å². The predicted octanol–water partition coefficient (Wildman–Crippen LogP) is 1.29. The van der Waals surface area contributed by atoms with Gasteiger partial charge in [-0.3, -0.25) is 0 Å². The highest BCUT2D eigenvalue weighted by atomic mass is 32.1. The van der Waals surface area contributed by atoms with Crippen molar-refractivity contribution in [3.63, 3.8) is 0 Å². The van der Waals surface area contributed by atoms with Crippen LogP contribution in [0, 0.1) is 5.92 Å². The van der Waals surface area contributed by atoms with Crippen molar-refractivity contribution in [3.8, 4) is 0 Å². The van der Waals surface area contributed by atoms with E-state index in [2.05, 4.69) is 4.90 Å². The van der Waals surface area contributed by atoms with Crippen molar-refractivity contribution in [2.24, 2.45) is 11.7 Å². The SMILES string of the molecule is NC(=S)CCN1CCC2(O)CCCCC2C1. The fourth-order valence-corrected chi connectivity index (χ4v) is 3.20. The third-order valence-corrected chi connectivity index (χ3v) is 4.39. The van der Waals surface area contributed by atoms with Crippen LogP contribution in [0.25, 0.3) is 0 Å². The summed E-state index contributed by atoms with van der Waals surface area (Å²) in [5, 5.41) is 10.5. The van der Waals surface area contributed by atoms with Gasteiger partial charge in [-0.15, -0.1) is 0 Å². The van der Waals surface area contributed by atoms with Crippen LogP contribution in [0.1, 0.15) is 38.5 Å². The van der Waals surface area contributed by atoms with E-state index in [-0.39, 0.29) is 5.60 Å². The molecule has 2 unspecified atom stereocenters. The summed E-state index contributed by atoms with van der Waals surface area (Å²) in [4.78, 5) is 3.01. The lowest BCUT2D eigenvalue weighted by Gasteiger charge is -2.47. The average Bonchev–Trinajstić information content (AvgIpc) is 2.26. The monoisotopic (exact) mass is 242 g/mol. The van der Waals surface area contributed by atoms with Gasteiger partial charge in [-0.05, 0) is 19.3 Å². The van der Waals surface area contributed by atoms with E-state index in [1.807, 2.05) is 0 Å². The van der Waals surface area contributed by atoms with Crippen molar-refractivity contribution in [3.05, 3.63) is 0 Å². The molecule has 0 aromatic carbocycles. The first kappa shape index (κ1) is 12.3. The quantitative estimate of drug-likeness (QED) is 0.732. The standard InChI is InChI=1S/C12H22N2OS/c13-11(16)4-7-14-8-6-12(15)5-2-1-3-10(12)9-14/h10,15H,1-9H2,(H2,13,16).